The van der Waals surface area contributed by atoms with Crippen molar-refractivity contribution in [1.29, 1.82) is 0 Å². The fourth-order valence-corrected chi connectivity index (χ4v) is 5.81. The van der Waals surface area contributed by atoms with Crippen LogP contribution >= 0.6 is 11.8 Å². The van der Waals surface area contributed by atoms with E-state index < -0.39 is 10.0 Å². The maximum atomic E-state index is 12.8. The van der Waals surface area contributed by atoms with E-state index in [2.05, 4.69) is 28.7 Å². The molecule has 0 radical (unpaired) electrons. The number of hydrogen-bond acceptors (Lipinski definition) is 6. The van der Waals surface area contributed by atoms with Crippen molar-refractivity contribution in [1.82, 2.24) is 13.9 Å². The molecule has 176 valence electrons. The van der Waals surface area contributed by atoms with E-state index in [1.54, 1.807) is 12.1 Å². The molecule has 0 spiro atoms. The molecule has 32 heavy (non-hydrogen) atoms. The van der Waals surface area contributed by atoms with Gasteiger partial charge in [-0.05, 0) is 51.0 Å². The number of carbonyl (C=O) groups is 1. The number of morpholine rings is 1. The molecule has 1 fully saturated rings. The summed E-state index contributed by atoms with van der Waals surface area (Å²) in [6.07, 6.45) is 0. The Bertz CT molecular complexity index is 1040. The molecule has 8 nitrogen and oxygen atoms in total. The van der Waals surface area contributed by atoms with Gasteiger partial charge in [-0.15, -0.1) is 0 Å². The van der Waals surface area contributed by atoms with Gasteiger partial charge < -0.3 is 14.6 Å². The van der Waals surface area contributed by atoms with Gasteiger partial charge in [0.25, 0.3) is 0 Å². The number of thioether (sulfide) groups is 1. The Morgan fingerprint density at radius 3 is 2.38 bits per heavy atom. The van der Waals surface area contributed by atoms with Crippen molar-refractivity contribution in [2.45, 2.75) is 56.5 Å². The maximum absolute atomic E-state index is 12.8. The highest BCUT2D eigenvalue weighted by Gasteiger charge is 2.26. The minimum atomic E-state index is -3.56. The number of carbonyl (C=O) groups excluding carboxylic acids is 1. The largest absolute Gasteiger partial charge is 0.379 e. The zero-order valence-corrected chi connectivity index (χ0v) is 20.9. The Balaban J connectivity index is 1.65. The SMILES string of the molecule is Cc1nc(S[C@H](C)C(=O)Nc2ccc(S(=O)(=O)N3CCOCC3)cc2)n(CC(C)C)c1C. The molecule has 1 aromatic heterocycles. The van der Waals surface area contributed by atoms with Crippen molar-refractivity contribution in [2.24, 2.45) is 5.92 Å². The van der Waals surface area contributed by atoms with Crippen molar-refractivity contribution in [3.8, 4) is 0 Å². The lowest BCUT2D eigenvalue weighted by molar-refractivity contribution is -0.115. The van der Waals surface area contributed by atoms with E-state index in [1.165, 1.54) is 28.2 Å². The third-order valence-electron chi connectivity index (χ3n) is 5.35. The molecule has 0 unspecified atom stereocenters. The van der Waals surface area contributed by atoms with Gasteiger partial charge in [0.05, 0.1) is 29.1 Å². The number of rotatable bonds is 8. The summed E-state index contributed by atoms with van der Waals surface area (Å²) in [4.78, 5) is 17.6. The number of benzene rings is 1. The summed E-state index contributed by atoms with van der Waals surface area (Å²) in [5.74, 6) is 0.311. The van der Waals surface area contributed by atoms with Gasteiger partial charge in [-0.1, -0.05) is 25.6 Å². The van der Waals surface area contributed by atoms with E-state index in [0.717, 1.165) is 23.1 Å². The van der Waals surface area contributed by atoms with Crippen LogP contribution in [-0.4, -0.2) is 59.7 Å². The molecule has 1 aromatic carbocycles. The highest BCUT2D eigenvalue weighted by Crippen LogP contribution is 2.27. The summed E-state index contributed by atoms with van der Waals surface area (Å²) in [6, 6.07) is 6.30. The molecule has 1 atom stereocenters. The Labute approximate surface area is 194 Å². The fraction of sp³-hybridized carbons (Fsp3) is 0.545. The molecule has 2 heterocycles. The number of aromatic nitrogens is 2. The number of anilines is 1. The number of amides is 1. The first-order chi connectivity index (χ1) is 15.1. The first-order valence-corrected chi connectivity index (χ1v) is 13.1. The number of nitrogens with zero attached hydrogens (tertiary/aromatic N) is 3. The molecule has 2 aromatic rings. The highest BCUT2D eigenvalue weighted by atomic mass is 32.2. The van der Waals surface area contributed by atoms with Gasteiger partial charge in [-0.2, -0.15) is 4.31 Å². The minimum Gasteiger partial charge on any atom is -0.379 e. The lowest BCUT2D eigenvalue weighted by Gasteiger charge is -2.26. The Morgan fingerprint density at radius 1 is 1.16 bits per heavy atom. The lowest BCUT2D eigenvalue weighted by Crippen LogP contribution is -2.40. The van der Waals surface area contributed by atoms with Gasteiger partial charge in [0.1, 0.15) is 0 Å². The second-order valence-electron chi connectivity index (χ2n) is 8.36. The van der Waals surface area contributed by atoms with Crippen LogP contribution < -0.4 is 5.32 Å². The van der Waals surface area contributed by atoms with Crippen LogP contribution in [0.4, 0.5) is 5.69 Å². The van der Waals surface area contributed by atoms with E-state index in [1.807, 2.05) is 20.8 Å². The third kappa shape index (κ3) is 5.72. The normalized spacial score (nSPS) is 16.3. The monoisotopic (exact) mass is 480 g/mol. The molecular formula is C22H32N4O4S2. The maximum Gasteiger partial charge on any atom is 0.243 e. The van der Waals surface area contributed by atoms with Gasteiger partial charge >= 0.3 is 0 Å². The van der Waals surface area contributed by atoms with Gasteiger partial charge in [0.15, 0.2) is 5.16 Å². The van der Waals surface area contributed by atoms with Crippen LogP contribution in [0.3, 0.4) is 0 Å². The number of ether oxygens (including phenoxy) is 1. The molecule has 1 amide bonds. The number of imidazole rings is 1. The average molecular weight is 481 g/mol. The van der Waals surface area contributed by atoms with Gasteiger partial charge in [0, 0.05) is 31.0 Å². The molecular weight excluding hydrogens is 448 g/mol. The van der Waals surface area contributed by atoms with Crippen LogP contribution in [-0.2, 0) is 26.1 Å². The smallest absolute Gasteiger partial charge is 0.243 e. The van der Waals surface area contributed by atoms with Gasteiger partial charge in [-0.3, -0.25) is 4.79 Å². The summed E-state index contributed by atoms with van der Waals surface area (Å²) >= 11 is 1.43. The number of hydrogen-bond donors (Lipinski definition) is 1. The highest BCUT2D eigenvalue weighted by molar-refractivity contribution is 8.00. The zero-order chi connectivity index (χ0) is 23.5. The number of sulfonamides is 1. The second-order valence-corrected chi connectivity index (χ2v) is 11.6. The van der Waals surface area contributed by atoms with Crippen LogP contribution in [0.5, 0.6) is 0 Å². The van der Waals surface area contributed by atoms with E-state index >= 15 is 0 Å². The van der Waals surface area contributed by atoms with Crippen LogP contribution in [0.2, 0.25) is 0 Å². The van der Waals surface area contributed by atoms with Crippen molar-refractivity contribution < 1.29 is 17.9 Å². The van der Waals surface area contributed by atoms with Crippen molar-refractivity contribution in [3.05, 3.63) is 35.7 Å². The Hall–Kier alpha value is -1.88. The standard InChI is InChI=1S/C22H32N4O4S2/c1-15(2)14-26-17(4)16(3)23-22(26)31-18(5)21(27)24-19-6-8-20(9-7-19)32(28,29)25-10-12-30-13-11-25/h6-9,15,18H,10-14H2,1-5H3,(H,24,27)/t18-/m1/s1. The predicted molar refractivity (Wildman–Crippen MR) is 127 cm³/mol. The Morgan fingerprint density at radius 2 is 1.78 bits per heavy atom. The summed E-state index contributed by atoms with van der Waals surface area (Å²) in [5, 5.41) is 3.35. The average Bonchev–Trinajstić information content (AvgIpc) is 3.01. The van der Waals surface area contributed by atoms with Crippen molar-refractivity contribution >= 4 is 33.4 Å². The van der Waals surface area contributed by atoms with Crippen LogP contribution in [0.15, 0.2) is 34.3 Å². The molecule has 10 heteroatoms. The molecule has 3 rings (SSSR count). The molecule has 0 aliphatic carbocycles. The quantitative estimate of drug-likeness (QED) is 0.583. The Kier molecular flexibility index (Phi) is 8.02. The van der Waals surface area contributed by atoms with Crippen LogP contribution in [0.25, 0.3) is 0 Å². The second kappa shape index (κ2) is 10.4. The van der Waals surface area contributed by atoms with E-state index in [4.69, 9.17) is 4.74 Å². The summed E-state index contributed by atoms with van der Waals surface area (Å²) < 4.78 is 34.3. The summed E-state index contributed by atoms with van der Waals surface area (Å²) in [6.45, 7) is 12.5. The first kappa shape index (κ1) is 24.8. The predicted octanol–water partition coefficient (Wildman–Crippen LogP) is 3.30. The number of aryl methyl sites for hydroxylation is 1. The molecule has 0 saturated carbocycles. The van der Waals surface area contributed by atoms with Crippen molar-refractivity contribution in [3.63, 3.8) is 0 Å². The van der Waals surface area contributed by atoms with Crippen LogP contribution in [0.1, 0.15) is 32.2 Å². The lowest BCUT2D eigenvalue weighted by atomic mass is 10.2. The molecule has 1 N–H and O–H groups in total. The molecule has 0 bridgehead atoms. The number of nitrogens with one attached hydrogen (secondary N) is 1. The molecule has 1 aliphatic rings. The molecule has 1 aliphatic heterocycles. The minimum absolute atomic E-state index is 0.159. The van der Waals surface area contributed by atoms with Gasteiger partial charge in [0.2, 0.25) is 15.9 Å². The van der Waals surface area contributed by atoms with Gasteiger partial charge in [-0.25, -0.2) is 13.4 Å². The fourth-order valence-electron chi connectivity index (χ4n) is 3.40. The van der Waals surface area contributed by atoms with E-state index in [9.17, 15) is 13.2 Å². The van der Waals surface area contributed by atoms with Crippen LogP contribution in [0, 0.1) is 19.8 Å². The van der Waals surface area contributed by atoms with Crippen molar-refractivity contribution in [2.75, 3.05) is 31.6 Å². The zero-order valence-electron chi connectivity index (χ0n) is 19.3. The van der Waals surface area contributed by atoms with E-state index in [-0.39, 0.29) is 16.1 Å². The third-order valence-corrected chi connectivity index (χ3v) is 8.35. The molecule has 1 saturated heterocycles. The summed E-state index contributed by atoms with van der Waals surface area (Å²) in [7, 11) is -3.56. The van der Waals surface area contributed by atoms with E-state index in [0.29, 0.717) is 37.9 Å². The summed E-state index contributed by atoms with van der Waals surface area (Å²) in [5.41, 5.74) is 2.64. The topological polar surface area (TPSA) is 93.5 Å². The first-order valence-electron chi connectivity index (χ1n) is 10.8.